The van der Waals surface area contributed by atoms with E-state index in [2.05, 4.69) is 15.9 Å². The predicted octanol–water partition coefficient (Wildman–Crippen LogP) is 2.72. The summed E-state index contributed by atoms with van der Waals surface area (Å²) < 4.78 is 6.75. The second-order valence-electron chi connectivity index (χ2n) is 4.71. The molecule has 4 heteroatoms. The van der Waals surface area contributed by atoms with Gasteiger partial charge in [0.1, 0.15) is 5.75 Å². The molecule has 0 unspecified atom stereocenters. The van der Waals surface area contributed by atoms with Crippen molar-refractivity contribution in [2.24, 2.45) is 0 Å². The van der Waals surface area contributed by atoms with Gasteiger partial charge in [0.05, 0.1) is 0 Å². The highest BCUT2D eigenvalue weighted by atomic mass is 79.9. The number of rotatable bonds is 1. The topological polar surface area (TPSA) is 29.5 Å². The lowest BCUT2D eigenvalue weighted by molar-refractivity contribution is -0.138. The summed E-state index contributed by atoms with van der Waals surface area (Å²) in [4.78, 5) is 14.1. The maximum Gasteiger partial charge on any atom is 0.263 e. The molecule has 1 saturated carbocycles. The number of ether oxygens (including phenoxy) is 1. The first-order valence-corrected chi connectivity index (χ1v) is 6.70. The van der Waals surface area contributed by atoms with Gasteiger partial charge in [-0.1, -0.05) is 15.9 Å². The first-order valence-electron chi connectivity index (χ1n) is 5.91. The third-order valence-electron chi connectivity index (χ3n) is 3.29. The molecule has 0 saturated heterocycles. The van der Waals surface area contributed by atoms with Crippen LogP contribution >= 0.6 is 15.9 Å². The molecule has 3 rings (SSSR count). The molecule has 1 aromatic rings. The van der Waals surface area contributed by atoms with Crippen LogP contribution in [0.4, 0.5) is 0 Å². The minimum Gasteiger partial charge on any atom is -0.481 e. The molecule has 0 N–H and O–H groups in total. The van der Waals surface area contributed by atoms with E-state index in [1.54, 1.807) is 0 Å². The lowest BCUT2D eigenvalue weighted by atomic mass is 10.2. The van der Waals surface area contributed by atoms with Crippen LogP contribution in [0.5, 0.6) is 5.75 Å². The predicted molar refractivity (Wildman–Crippen MR) is 67.8 cm³/mol. The average Bonchev–Trinajstić information content (AvgIpc) is 3.11. The number of amides is 1. The number of nitrogens with zero attached hydrogens (tertiary/aromatic N) is 1. The minimum atomic E-state index is -0.377. The SMILES string of the molecule is C[C@H]1Oc2ccc(Br)cc2CN(C2CC2)C1=O. The standard InChI is InChI=1S/C13H14BrNO2/c1-8-13(16)15(11-3-4-11)7-9-6-10(14)2-5-12(9)17-8/h2,5-6,8,11H,3-4,7H2,1H3/t8-/m1/s1. The molecule has 0 spiro atoms. The van der Waals surface area contributed by atoms with Gasteiger partial charge in [-0.15, -0.1) is 0 Å². The van der Waals surface area contributed by atoms with Gasteiger partial charge < -0.3 is 9.64 Å². The van der Waals surface area contributed by atoms with Crippen LogP contribution in [0.1, 0.15) is 25.3 Å². The fourth-order valence-corrected chi connectivity index (χ4v) is 2.63. The Morgan fingerprint density at radius 3 is 2.88 bits per heavy atom. The number of carbonyl (C=O) groups is 1. The van der Waals surface area contributed by atoms with Gasteiger partial charge in [0.2, 0.25) is 0 Å². The van der Waals surface area contributed by atoms with Crippen LogP contribution in [0.25, 0.3) is 0 Å². The van der Waals surface area contributed by atoms with Crippen molar-refractivity contribution in [3.05, 3.63) is 28.2 Å². The number of benzene rings is 1. The summed E-state index contributed by atoms with van der Waals surface area (Å²) in [5.41, 5.74) is 1.09. The summed E-state index contributed by atoms with van der Waals surface area (Å²) in [6, 6.07) is 6.34. The number of hydrogen-bond acceptors (Lipinski definition) is 2. The van der Waals surface area contributed by atoms with Gasteiger partial charge in [-0.05, 0) is 38.0 Å². The second-order valence-corrected chi connectivity index (χ2v) is 5.63. The van der Waals surface area contributed by atoms with Gasteiger partial charge in [0, 0.05) is 22.6 Å². The van der Waals surface area contributed by atoms with Crippen molar-refractivity contribution in [3.63, 3.8) is 0 Å². The lowest BCUT2D eigenvalue weighted by Gasteiger charge is -2.21. The number of halogens is 1. The Morgan fingerprint density at radius 1 is 1.41 bits per heavy atom. The smallest absolute Gasteiger partial charge is 0.263 e. The Hall–Kier alpha value is -1.03. The van der Waals surface area contributed by atoms with Gasteiger partial charge in [0.15, 0.2) is 6.10 Å². The van der Waals surface area contributed by atoms with E-state index in [1.165, 1.54) is 0 Å². The zero-order valence-corrected chi connectivity index (χ0v) is 11.2. The van der Waals surface area contributed by atoms with E-state index >= 15 is 0 Å². The number of carbonyl (C=O) groups excluding carboxylic acids is 1. The van der Waals surface area contributed by atoms with Crippen LogP contribution in [0.3, 0.4) is 0 Å². The maximum absolute atomic E-state index is 12.2. The van der Waals surface area contributed by atoms with E-state index in [4.69, 9.17) is 4.74 Å². The Bertz CT molecular complexity index is 470. The molecule has 17 heavy (non-hydrogen) atoms. The van der Waals surface area contributed by atoms with Crippen molar-refractivity contribution >= 4 is 21.8 Å². The van der Waals surface area contributed by atoms with Crippen molar-refractivity contribution in [2.45, 2.75) is 38.5 Å². The van der Waals surface area contributed by atoms with Crippen LogP contribution in [0.15, 0.2) is 22.7 Å². The molecule has 0 radical (unpaired) electrons. The Labute approximate surface area is 109 Å². The summed E-state index contributed by atoms with van der Waals surface area (Å²) in [6.07, 6.45) is 1.88. The Morgan fingerprint density at radius 2 is 2.18 bits per heavy atom. The van der Waals surface area contributed by atoms with E-state index < -0.39 is 0 Å². The van der Waals surface area contributed by atoms with Crippen LogP contribution in [-0.4, -0.2) is 23.0 Å². The quantitative estimate of drug-likeness (QED) is 0.797. The molecule has 1 heterocycles. The zero-order chi connectivity index (χ0) is 12.0. The number of fused-ring (bicyclic) bond motifs is 1. The van der Waals surface area contributed by atoms with Gasteiger partial charge >= 0.3 is 0 Å². The molecule has 1 aromatic carbocycles. The van der Waals surface area contributed by atoms with E-state index in [-0.39, 0.29) is 12.0 Å². The van der Waals surface area contributed by atoms with Crippen molar-refractivity contribution in [1.82, 2.24) is 4.90 Å². The molecule has 1 amide bonds. The summed E-state index contributed by atoms with van der Waals surface area (Å²) in [6.45, 7) is 2.50. The molecule has 0 aromatic heterocycles. The maximum atomic E-state index is 12.2. The first kappa shape index (κ1) is 11.1. The van der Waals surface area contributed by atoms with Crippen LogP contribution in [-0.2, 0) is 11.3 Å². The third kappa shape index (κ3) is 2.06. The van der Waals surface area contributed by atoms with Crippen molar-refractivity contribution in [1.29, 1.82) is 0 Å². The molecule has 1 atom stereocenters. The van der Waals surface area contributed by atoms with Gasteiger partial charge in [0.25, 0.3) is 5.91 Å². The van der Waals surface area contributed by atoms with Crippen LogP contribution in [0, 0.1) is 0 Å². The molecule has 2 aliphatic rings. The molecular formula is C13H14BrNO2. The molecule has 1 aliphatic carbocycles. The normalized spacial score (nSPS) is 24.0. The van der Waals surface area contributed by atoms with E-state index in [0.717, 1.165) is 28.6 Å². The van der Waals surface area contributed by atoms with E-state index in [9.17, 15) is 4.79 Å². The summed E-state index contributed by atoms with van der Waals surface area (Å²) in [5, 5.41) is 0. The lowest BCUT2D eigenvalue weighted by Crippen LogP contribution is -2.39. The fraction of sp³-hybridized carbons (Fsp3) is 0.462. The largest absolute Gasteiger partial charge is 0.481 e. The Balaban J connectivity index is 1.99. The summed E-state index contributed by atoms with van der Waals surface area (Å²) >= 11 is 3.46. The molecule has 90 valence electrons. The molecular weight excluding hydrogens is 282 g/mol. The number of hydrogen-bond donors (Lipinski definition) is 0. The molecule has 0 bridgehead atoms. The highest BCUT2D eigenvalue weighted by molar-refractivity contribution is 9.10. The average molecular weight is 296 g/mol. The van der Waals surface area contributed by atoms with Gasteiger partial charge in [-0.3, -0.25) is 4.79 Å². The molecule has 1 aliphatic heterocycles. The van der Waals surface area contributed by atoms with Gasteiger partial charge in [-0.25, -0.2) is 0 Å². The monoisotopic (exact) mass is 295 g/mol. The van der Waals surface area contributed by atoms with Crippen LogP contribution < -0.4 is 4.74 Å². The third-order valence-corrected chi connectivity index (χ3v) is 3.78. The van der Waals surface area contributed by atoms with E-state index in [1.807, 2.05) is 30.0 Å². The minimum absolute atomic E-state index is 0.111. The van der Waals surface area contributed by atoms with E-state index in [0.29, 0.717) is 12.6 Å². The second kappa shape index (κ2) is 4.02. The fourth-order valence-electron chi connectivity index (χ4n) is 2.22. The van der Waals surface area contributed by atoms with Crippen molar-refractivity contribution < 1.29 is 9.53 Å². The highest BCUT2D eigenvalue weighted by Gasteiger charge is 2.37. The summed E-state index contributed by atoms with van der Waals surface area (Å²) in [5.74, 6) is 0.942. The zero-order valence-electron chi connectivity index (χ0n) is 9.65. The Kier molecular flexibility index (Phi) is 2.62. The molecule has 3 nitrogen and oxygen atoms in total. The van der Waals surface area contributed by atoms with Crippen molar-refractivity contribution in [3.8, 4) is 5.75 Å². The highest BCUT2D eigenvalue weighted by Crippen LogP contribution is 2.34. The van der Waals surface area contributed by atoms with Crippen molar-refractivity contribution in [2.75, 3.05) is 0 Å². The molecule has 1 fully saturated rings. The summed E-state index contributed by atoms with van der Waals surface area (Å²) in [7, 11) is 0. The first-order chi connectivity index (χ1) is 8.15. The van der Waals surface area contributed by atoms with Gasteiger partial charge in [-0.2, -0.15) is 0 Å². The van der Waals surface area contributed by atoms with Crippen LogP contribution in [0.2, 0.25) is 0 Å².